The quantitative estimate of drug-likeness (QED) is 0.772. The largest absolute Gasteiger partial charge is 0.492 e. The second kappa shape index (κ2) is 5.92. The van der Waals surface area contributed by atoms with Gasteiger partial charge in [-0.15, -0.1) is 5.06 Å². The summed E-state index contributed by atoms with van der Waals surface area (Å²) in [7, 11) is 1.49. The molecular weight excluding hydrogens is 259 g/mol. The average Bonchev–Trinajstić information content (AvgIpc) is 2.59. The highest BCUT2D eigenvalue weighted by molar-refractivity contribution is 7.98. The maximum atomic E-state index is 12.0. The van der Waals surface area contributed by atoms with E-state index in [2.05, 4.69) is 4.84 Å². The number of methoxy groups -OCH3 is 1. The summed E-state index contributed by atoms with van der Waals surface area (Å²) in [5.74, 6) is -1.37. The van der Waals surface area contributed by atoms with Gasteiger partial charge in [-0.2, -0.15) is 24.9 Å². The minimum atomic E-state index is -4.96. The van der Waals surface area contributed by atoms with Gasteiger partial charge in [0.15, 0.2) is 0 Å². The highest BCUT2D eigenvalue weighted by Crippen LogP contribution is 2.25. The fourth-order valence-electron chi connectivity index (χ4n) is 1.69. The lowest BCUT2D eigenvalue weighted by Crippen LogP contribution is -2.34. The van der Waals surface area contributed by atoms with Gasteiger partial charge in [0.05, 0.1) is 12.6 Å². The Kier molecular flexibility index (Phi) is 5.08. The molecule has 0 radical (unpaired) electrons. The first-order valence-electron chi connectivity index (χ1n) is 4.94. The Hall–Kier alpha value is -0.470. The van der Waals surface area contributed by atoms with Gasteiger partial charge in [0, 0.05) is 19.6 Å². The molecule has 1 heterocycles. The van der Waals surface area contributed by atoms with Crippen LogP contribution in [-0.4, -0.2) is 55.5 Å². The number of carbonyl (C=O) groups is 1. The van der Waals surface area contributed by atoms with Crippen LogP contribution in [0.4, 0.5) is 13.2 Å². The van der Waals surface area contributed by atoms with Crippen LogP contribution in [0.15, 0.2) is 0 Å². The van der Waals surface area contributed by atoms with Crippen LogP contribution >= 0.6 is 11.8 Å². The molecule has 1 rings (SSSR count). The van der Waals surface area contributed by atoms with Crippen molar-refractivity contribution in [1.82, 2.24) is 5.06 Å². The summed E-state index contributed by atoms with van der Waals surface area (Å²) in [6, 6.07) is 0. The first-order chi connectivity index (χ1) is 7.88. The van der Waals surface area contributed by atoms with Crippen LogP contribution in [0.3, 0.4) is 0 Å². The summed E-state index contributed by atoms with van der Waals surface area (Å²) in [6.45, 7) is 0.435. The van der Waals surface area contributed by atoms with Gasteiger partial charge in [0.2, 0.25) is 0 Å². The monoisotopic (exact) mass is 273 g/mol. The molecule has 0 aromatic rings. The molecule has 8 heteroatoms. The van der Waals surface area contributed by atoms with Gasteiger partial charge in [-0.05, 0) is 12.0 Å². The van der Waals surface area contributed by atoms with Gasteiger partial charge in [0.25, 0.3) is 0 Å². The van der Waals surface area contributed by atoms with Crippen molar-refractivity contribution in [2.24, 2.45) is 5.92 Å². The van der Waals surface area contributed by atoms with Crippen molar-refractivity contribution in [3.63, 3.8) is 0 Å². The number of thioether (sulfide) groups is 1. The van der Waals surface area contributed by atoms with Crippen molar-refractivity contribution in [3.8, 4) is 0 Å². The third-order valence-corrected chi connectivity index (χ3v) is 3.24. The summed E-state index contributed by atoms with van der Waals surface area (Å²) >= 11 is 1.58. The number of ether oxygens (including phenoxy) is 1. The van der Waals surface area contributed by atoms with Gasteiger partial charge < -0.3 is 9.57 Å². The van der Waals surface area contributed by atoms with E-state index in [-0.39, 0.29) is 25.1 Å². The number of alkyl halides is 3. The highest BCUT2D eigenvalue weighted by Gasteiger charge is 2.44. The number of rotatable bonds is 4. The molecule has 1 fully saturated rings. The van der Waals surface area contributed by atoms with E-state index in [1.807, 2.05) is 6.26 Å². The summed E-state index contributed by atoms with van der Waals surface area (Å²) in [5.41, 5.74) is 0. The standard InChI is InChI=1S/C9H14F3NO3S/c1-15-7-4-13(3-6(7)5-17-2)16-8(14)9(10,11)12/h6-7H,3-5H2,1-2H3. The molecule has 100 valence electrons. The lowest BCUT2D eigenvalue weighted by molar-refractivity contribution is -0.236. The topological polar surface area (TPSA) is 38.8 Å². The Labute approximate surface area is 101 Å². The van der Waals surface area contributed by atoms with Crippen LogP contribution in [0, 0.1) is 5.92 Å². The fraction of sp³-hybridized carbons (Fsp3) is 0.889. The van der Waals surface area contributed by atoms with E-state index in [0.29, 0.717) is 0 Å². The van der Waals surface area contributed by atoms with Crippen LogP contribution in [-0.2, 0) is 14.4 Å². The summed E-state index contributed by atoms with van der Waals surface area (Å²) in [6.07, 6.45) is -3.26. The number of hydrogen-bond donors (Lipinski definition) is 0. The first kappa shape index (κ1) is 14.6. The van der Waals surface area contributed by atoms with Gasteiger partial charge in [0.1, 0.15) is 0 Å². The molecule has 1 saturated heterocycles. The summed E-state index contributed by atoms with van der Waals surface area (Å²) < 4.78 is 41.1. The van der Waals surface area contributed by atoms with E-state index in [4.69, 9.17) is 4.74 Å². The minimum absolute atomic E-state index is 0.0658. The zero-order valence-electron chi connectivity index (χ0n) is 9.49. The van der Waals surface area contributed by atoms with E-state index in [1.54, 1.807) is 11.8 Å². The van der Waals surface area contributed by atoms with Crippen molar-refractivity contribution in [2.45, 2.75) is 12.3 Å². The maximum absolute atomic E-state index is 12.0. The molecule has 0 saturated carbocycles. The molecule has 0 amide bonds. The van der Waals surface area contributed by atoms with E-state index >= 15 is 0 Å². The Morgan fingerprint density at radius 1 is 1.47 bits per heavy atom. The van der Waals surface area contributed by atoms with Gasteiger partial charge in [-0.3, -0.25) is 0 Å². The third-order valence-electron chi connectivity index (χ3n) is 2.47. The number of carbonyl (C=O) groups excluding carboxylic acids is 1. The molecule has 4 nitrogen and oxygen atoms in total. The Bertz CT molecular complexity index is 275. The third kappa shape index (κ3) is 4.04. The lowest BCUT2D eigenvalue weighted by Gasteiger charge is -2.15. The number of halogens is 3. The molecule has 0 bridgehead atoms. The van der Waals surface area contributed by atoms with Crippen molar-refractivity contribution in [2.75, 3.05) is 32.2 Å². The maximum Gasteiger partial charge on any atom is 0.492 e. The predicted octanol–water partition coefficient (Wildman–Crippen LogP) is 1.32. The van der Waals surface area contributed by atoms with Gasteiger partial charge in [-0.1, -0.05) is 0 Å². The zero-order valence-corrected chi connectivity index (χ0v) is 10.3. The number of nitrogens with zero attached hydrogens (tertiary/aromatic N) is 1. The molecule has 0 aromatic heterocycles. The Morgan fingerprint density at radius 2 is 2.12 bits per heavy atom. The van der Waals surface area contributed by atoms with Crippen LogP contribution in [0.2, 0.25) is 0 Å². The van der Waals surface area contributed by atoms with Crippen LogP contribution in [0.1, 0.15) is 0 Å². The molecule has 1 aliphatic rings. The zero-order chi connectivity index (χ0) is 13.1. The molecule has 1 aliphatic heterocycles. The minimum Gasteiger partial charge on any atom is -0.380 e. The van der Waals surface area contributed by atoms with Crippen molar-refractivity contribution in [3.05, 3.63) is 0 Å². The van der Waals surface area contributed by atoms with Crippen molar-refractivity contribution < 1.29 is 27.5 Å². The number of hydrogen-bond acceptors (Lipinski definition) is 5. The molecule has 2 atom stereocenters. The molecule has 0 aromatic carbocycles. The average molecular weight is 273 g/mol. The number of hydroxylamine groups is 2. The predicted molar refractivity (Wildman–Crippen MR) is 56.4 cm³/mol. The van der Waals surface area contributed by atoms with Crippen molar-refractivity contribution >= 4 is 17.7 Å². The molecule has 17 heavy (non-hydrogen) atoms. The van der Waals surface area contributed by atoms with Crippen LogP contribution in [0.5, 0.6) is 0 Å². The summed E-state index contributed by atoms with van der Waals surface area (Å²) in [5, 5.41) is 1.02. The van der Waals surface area contributed by atoms with E-state index < -0.39 is 12.1 Å². The second-order valence-electron chi connectivity index (χ2n) is 3.71. The molecule has 0 N–H and O–H groups in total. The van der Waals surface area contributed by atoms with Crippen molar-refractivity contribution in [1.29, 1.82) is 0 Å². The van der Waals surface area contributed by atoms with Gasteiger partial charge >= 0.3 is 12.1 Å². The molecule has 2 unspecified atom stereocenters. The van der Waals surface area contributed by atoms with E-state index in [9.17, 15) is 18.0 Å². The smallest absolute Gasteiger partial charge is 0.380 e. The van der Waals surface area contributed by atoms with E-state index in [1.165, 1.54) is 7.11 Å². The lowest BCUT2D eigenvalue weighted by atomic mass is 10.1. The normalized spacial score (nSPS) is 26.2. The second-order valence-corrected chi connectivity index (χ2v) is 4.62. The molecule has 0 spiro atoms. The van der Waals surface area contributed by atoms with E-state index in [0.717, 1.165) is 10.8 Å². The fourth-order valence-corrected chi connectivity index (χ4v) is 2.44. The molecular formula is C9H14F3NO3S. The molecule has 0 aliphatic carbocycles. The first-order valence-corrected chi connectivity index (χ1v) is 6.33. The van der Waals surface area contributed by atoms with Gasteiger partial charge in [-0.25, -0.2) is 4.79 Å². The SMILES string of the molecule is COC1CN(OC(=O)C(F)(F)F)CC1CSC. The Balaban J connectivity index is 2.50. The Morgan fingerprint density at radius 3 is 2.59 bits per heavy atom. The van der Waals surface area contributed by atoms with Crippen LogP contribution in [0.25, 0.3) is 0 Å². The summed E-state index contributed by atoms with van der Waals surface area (Å²) in [4.78, 5) is 14.9. The van der Waals surface area contributed by atoms with Crippen LogP contribution < -0.4 is 0 Å². The highest BCUT2D eigenvalue weighted by atomic mass is 32.2.